The fourth-order valence-corrected chi connectivity index (χ4v) is 2.72. The SMILES string of the molecule is COc1ccc(Br)cc1[C@@H](CF)N1CCNCC1. The highest BCUT2D eigenvalue weighted by molar-refractivity contribution is 9.10. The number of halogens is 2. The van der Waals surface area contributed by atoms with E-state index in [-0.39, 0.29) is 6.04 Å². The summed E-state index contributed by atoms with van der Waals surface area (Å²) in [4.78, 5) is 2.17. The van der Waals surface area contributed by atoms with Gasteiger partial charge in [-0.2, -0.15) is 0 Å². The maximum atomic E-state index is 13.4. The first kappa shape index (κ1) is 13.8. The molecule has 0 saturated carbocycles. The maximum absolute atomic E-state index is 13.4. The molecule has 1 N–H and O–H groups in total. The van der Waals surface area contributed by atoms with E-state index in [0.717, 1.165) is 42.0 Å². The Bertz CT molecular complexity index is 397. The van der Waals surface area contributed by atoms with Crippen LogP contribution in [0.15, 0.2) is 22.7 Å². The van der Waals surface area contributed by atoms with Gasteiger partial charge in [-0.1, -0.05) is 15.9 Å². The molecule has 1 aromatic rings. The Labute approximate surface area is 115 Å². The summed E-state index contributed by atoms with van der Waals surface area (Å²) < 4.78 is 19.7. The van der Waals surface area contributed by atoms with Gasteiger partial charge in [-0.15, -0.1) is 0 Å². The molecular weight excluding hydrogens is 299 g/mol. The predicted octanol–water partition coefficient (Wildman–Crippen LogP) is 2.37. The molecule has 1 aliphatic rings. The number of nitrogens with one attached hydrogen (secondary N) is 1. The zero-order chi connectivity index (χ0) is 13.0. The number of nitrogens with zero attached hydrogens (tertiary/aromatic N) is 1. The topological polar surface area (TPSA) is 24.5 Å². The molecule has 0 radical (unpaired) electrons. The fraction of sp³-hybridized carbons (Fsp3) is 0.538. The molecule has 0 aromatic heterocycles. The van der Waals surface area contributed by atoms with Crippen molar-refractivity contribution in [3.8, 4) is 5.75 Å². The highest BCUT2D eigenvalue weighted by Crippen LogP contribution is 2.32. The van der Waals surface area contributed by atoms with Crippen LogP contribution in [0.1, 0.15) is 11.6 Å². The largest absolute Gasteiger partial charge is 0.496 e. The standard InChI is InChI=1S/C13H18BrFN2O/c1-18-13-3-2-10(14)8-11(13)12(9-15)17-6-4-16-5-7-17/h2-3,8,12,16H,4-7,9H2,1H3/t12-/m1/s1. The second-order valence-corrected chi connectivity index (χ2v) is 5.26. The van der Waals surface area contributed by atoms with Gasteiger partial charge in [-0.3, -0.25) is 4.90 Å². The van der Waals surface area contributed by atoms with E-state index in [2.05, 4.69) is 26.1 Å². The van der Waals surface area contributed by atoms with Crippen molar-refractivity contribution in [3.05, 3.63) is 28.2 Å². The van der Waals surface area contributed by atoms with Gasteiger partial charge >= 0.3 is 0 Å². The molecule has 0 spiro atoms. The summed E-state index contributed by atoms with van der Waals surface area (Å²) in [6, 6.07) is 5.52. The molecule has 1 aromatic carbocycles. The average molecular weight is 317 g/mol. The van der Waals surface area contributed by atoms with Crippen LogP contribution >= 0.6 is 15.9 Å². The van der Waals surface area contributed by atoms with Crippen molar-refractivity contribution in [1.29, 1.82) is 0 Å². The van der Waals surface area contributed by atoms with Crippen LogP contribution in [0.25, 0.3) is 0 Å². The van der Waals surface area contributed by atoms with Gasteiger partial charge in [0.1, 0.15) is 12.4 Å². The number of alkyl halides is 1. The van der Waals surface area contributed by atoms with E-state index >= 15 is 0 Å². The van der Waals surface area contributed by atoms with Gasteiger partial charge < -0.3 is 10.1 Å². The van der Waals surface area contributed by atoms with Crippen molar-refractivity contribution < 1.29 is 9.13 Å². The van der Waals surface area contributed by atoms with Gasteiger partial charge in [0.05, 0.1) is 13.2 Å². The fourth-order valence-electron chi connectivity index (χ4n) is 2.34. The molecule has 0 bridgehead atoms. The molecule has 1 aliphatic heterocycles. The number of hydrogen-bond acceptors (Lipinski definition) is 3. The van der Waals surface area contributed by atoms with Crippen LogP contribution in [0.2, 0.25) is 0 Å². The second-order valence-electron chi connectivity index (χ2n) is 4.34. The molecule has 1 atom stereocenters. The van der Waals surface area contributed by atoms with Gasteiger partial charge in [-0.05, 0) is 18.2 Å². The minimum atomic E-state index is -0.396. The van der Waals surface area contributed by atoms with Crippen LogP contribution in [-0.2, 0) is 0 Å². The lowest BCUT2D eigenvalue weighted by atomic mass is 10.0. The first-order chi connectivity index (χ1) is 8.76. The number of hydrogen-bond donors (Lipinski definition) is 1. The molecule has 1 fully saturated rings. The molecule has 1 saturated heterocycles. The number of ether oxygens (including phenoxy) is 1. The van der Waals surface area contributed by atoms with Crippen molar-refractivity contribution in [3.63, 3.8) is 0 Å². The zero-order valence-electron chi connectivity index (χ0n) is 10.5. The lowest BCUT2D eigenvalue weighted by Crippen LogP contribution is -2.45. The average Bonchev–Trinajstić information content (AvgIpc) is 2.41. The lowest BCUT2D eigenvalue weighted by Gasteiger charge is -2.34. The van der Waals surface area contributed by atoms with E-state index in [0.29, 0.717) is 0 Å². The normalized spacial score (nSPS) is 18.6. The zero-order valence-corrected chi connectivity index (χ0v) is 12.0. The first-order valence-corrected chi connectivity index (χ1v) is 6.89. The molecule has 3 nitrogen and oxygen atoms in total. The Morgan fingerprint density at radius 2 is 2.17 bits per heavy atom. The summed E-state index contributed by atoms with van der Waals surface area (Å²) in [5.41, 5.74) is 0.913. The minimum Gasteiger partial charge on any atom is -0.496 e. The first-order valence-electron chi connectivity index (χ1n) is 6.10. The maximum Gasteiger partial charge on any atom is 0.123 e. The summed E-state index contributed by atoms with van der Waals surface area (Å²) in [7, 11) is 1.62. The Morgan fingerprint density at radius 1 is 1.44 bits per heavy atom. The molecule has 100 valence electrons. The quantitative estimate of drug-likeness (QED) is 0.923. The van der Waals surface area contributed by atoms with Gasteiger partial charge in [-0.25, -0.2) is 4.39 Å². The molecule has 0 amide bonds. The van der Waals surface area contributed by atoms with Crippen molar-refractivity contribution in [1.82, 2.24) is 10.2 Å². The van der Waals surface area contributed by atoms with Crippen molar-refractivity contribution in [2.45, 2.75) is 6.04 Å². The Balaban J connectivity index is 2.27. The van der Waals surface area contributed by atoms with Crippen molar-refractivity contribution >= 4 is 15.9 Å². The minimum absolute atomic E-state index is 0.223. The summed E-state index contributed by atoms with van der Waals surface area (Å²) in [6.45, 7) is 3.15. The Hall–Kier alpha value is -0.650. The van der Waals surface area contributed by atoms with Crippen LogP contribution in [0.4, 0.5) is 4.39 Å². The molecule has 5 heteroatoms. The van der Waals surface area contributed by atoms with Crippen LogP contribution < -0.4 is 10.1 Å². The van der Waals surface area contributed by atoms with Crippen molar-refractivity contribution in [2.24, 2.45) is 0 Å². The van der Waals surface area contributed by atoms with Crippen LogP contribution in [0.5, 0.6) is 5.75 Å². The summed E-state index contributed by atoms with van der Waals surface area (Å²) in [5.74, 6) is 0.749. The summed E-state index contributed by atoms with van der Waals surface area (Å²) in [5, 5.41) is 3.28. The monoisotopic (exact) mass is 316 g/mol. The summed E-state index contributed by atoms with van der Waals surface area (Å²) in [6.07, 6.45) is 0. The van der Waals surface area contributed by atoms with E-state index in [1.165, 1.54) is 0 Å². The molecule has 0 aliphatic carbocycles. The number of piperazine rings is 1. The highest BCUT2D eigenvalue weighted by atomic mass is 79.9. The van der Waals surface area contributed by atoms with Crippen LogP contribution in [-0.4, -0.2) is 44.9 Å². The van der Waals surface area contributed by atoms with Gasteiger partial charge in [0.15, 0.2) is 0 Å². The third-order valence-electron chi connectivity index (χ3n) is 3.29. The van der Waals surface area contributed by atoms with Crippen LogP contribution in [0.3, 0.4) is 0 Å². The molecule has 0 unspecified atom stereocenters. The number of rotatable bonds is 4. The van der Waals surface area contributed by atoms with E-state index in [1.54, 1.807) is 7.11 Å². The van der Waals surface area contributed by atoms with E-state index in [4.69, 9.17) is 4.74 Å². The molecular formula is C13H18BrFN2O. The third kappa shape index (κ3) is 3.02. The highest BCUT2D eigenvalue weighted by Gasteiger charge is 2.24. The Morgan fingerprint density at radius 3 is 2.78 bits per heavy atom. The van der Waals surface area contributed by atoms with E-state index in [1.807, 2.05) is 18.2 Å². The lowest BCUT2D eigenvalue weighted by molar-refractivity contribution is 0.145. The molecule has 2 rings (SSSR count). The van der Waals surface area contributed by atoms with Crippen molar-refractivity contribution in [2.75, 3.05) is 40.0 Å². The smallest absolute Gasteiger partial charge is 0.123 e. The van der Waals surface area contributed by atoms with Gasteiger partial charge in [0.2, 0.25) is 0 Å². The molecule has 18 heavy (non-hydrogen) atoms. The Kier molecular flexibility index (Phi) is 4.97. The predicted molar refractivity (Wildman–Crippen MR) is 73.9 cm³/mol. The summed E-state index contributed by atoms with van der Waals surface area (Å²) >= 11 is 3.44. The van der Waals surface area contributed by atoms with E-state index in [9.17, 15) is 4.39 Å². The third-order valence-corrected chi connectivity index (χ3v) is 3.78. The van der Waals surface area contributed by atoms with Crippen LogP contribution in [0, 0.1) is 0 Å². The number of methoxy groups -OCH3 is 1. The number of benzene rings is 1. The molecule has 1 heterocycles. The van der Waals surface area contributed by atoms with E-state index < -0.39 is 6.67 Å². The van der Waals surface area contributed by atoms with Gasteiger partial charge in [0, 0.05) is 36.2 Å². The second kappa shape index (κ2) is 6.50. The van der Waals surface area contributed by atoms with Gasteiger partial charge in [0.25, 0.3) is 0 Å².